The molecule has 1 N–H and O–H groups in total. The van der Waals surface area contributed by atoms with E-state index < -0.39 is 0 Å². The van der Waals surface area contributed by atoms with Crippen LogP contribution in [0.5, 0.6) is 5.75 Å². The predicted molar refractivity (Wildman–Crippen MR) is 106 cm³/mol. The Morgan fingerprint density at radius 3 is 2.04 bits per heavy atom. The topological polar surface area (TPSA) is 64.5 Å². The predicted octanol–water partition coefficient (Wildman–Crippen LogP) is 5.57. The third-order valence-electron chi connectivity index (χ3n) is 4.81. The fourth-order valence-electron chi connectivity index (χ4n) is 3.33. The molecule has 0 amide bonds. The molecular formula is C21H22N2O3S. The normalized spacial score (nSPS) is 15.0. The van der Waals surface area contributed by atoms with Crippen LogP contribution in [0.4, 0.5) is 0 Å². The lowest BCUT2D eigenvalue weighted by Crippen LogP contribution is -2.19. The van der Waals surface area contributed by atoms with Gasteiger partial charge in [-0.15, -0.1) is 10.2 Å². The highest BCUT2D eigenvalue weighted by Gasteiger charge is 2.15. The quantitative estimate of drug-likeness (QED) is 0.446. The first-order valence-corrected chi connectivity index (χ1v) is 10.1. The smallest absolute Gasteiger partial charge is 0.148 e. The summed E-state index contributed by atoms with van der Waals surface area (Å²) in [4.78, 5) is 4.16. The molecule has 0 radical (unpaired) electrons. The Balaban J connectivity index is 1.44. The average molecular weight is 382 g/mol. The van der Waals surface area contributed by atoms with E-state index in [4.69, 9.17) is 9.99 Å². The Labute approximate surface area is 162 Å². The van der Waals surface area contributed by atoms with Crippen LogP contribution in [0.3, 0.4) is 0 Å². The molecule has 1 fully saturated rings. The first kappa shape index (κ1) is 18.1. The zero-order valence-electron chi connectivity index (χ0n) is 15.0. The zero-order chi connectivity index (χ0) is 18.5. The summed E-state index contributed by atoms with van der Waals surface area (Å²) in [5.41, 5.74) is 2.94. The van der Waals surface area contributed by atoms with Crippen molar-refractivity contribution in [3.05, 3.63) is 54.1 Å². The highest BCUT2D eigenvalue weighted by Crippen LogP contribution is 2.31. The monoisotopic (exact) mass is 382 g/mol. The van der Waals surface area contributed by atoms with E-state index in [1.54, 1.807) is 11.3 Å². The first-order valence-electron chi connectivity index (χ1n) is 9.28. The lowest BCUT2D eigenvalue weighted by atomic mass is 9.98. The van der Waals surface area contributed by atoms with Gasteiger partial charge in [-0.1, -0.05) is 42.0 Å². The molecule has 1 aromatic heterocycles. The Kier molecular flexibility index (Phi) is 5.77. The minimum absolute atomic E-state index is 0.178. The second-order valence-corrected chi connectivity index (χ2v) is 7.76. The van der Waals surface area contributed by atoms with Gasteiger partial charge in [-0.05, 0) is 55.5 Å². The molecule has 6 heteroatoms. The summed E-state index contributed by atoms with van der Waals surface area (Å²) in [5.74, 6) is 0.928. The molecule has 140 valence electrons. The summed E-state index contributed by atoms with van der Waals surface area (Å²) in [7, 11) is 0. The van der Waals surface area contributed by atoms with Gasteiger partial charge in [0, 0.05) is 11.1 Å². The Bertz CT molecular complexity index is 856. The SMILES string of the molecule is OOCc1ccc(-c2nnc(-c3ccc(OC4CCCCC4)cc3)s2)cc1. The third kappa shape index (κ3) is 4.53. The number of hydrogen-bond acceptors (Lipinski definition) is 6. The molecule has 0 spiro atoms. The molecule has 5 nitrogen and oxygen atoms in total. The van der Waals surface area contributed by atoms with Gasteiger partial charge in [-0.3, -0.25) is 5.26 Å². The van der Waals surface area contributed by atoms with Crippen LogP contribution in [-0.2, 0) is 11.5 Å². The van der Waals surface area contributed by atoms with Gasteiger partial charge in [0.2, 0.25) is 0 Å². The maximum Gasteiger partial charge on any atom is 0.148 e. The van der Waals surface area contributed by atoms with Crippen molar-refractivity contribution in [1.82, 2.24) is 10.2 Å². The summed E-state index contributed by atoms with van der Waals surface area (Å²) in [6.45, 7) is 0.178. The molecule has 3 aromatic rings. The van der Waals surface area contributed by atoms with Crippen molar-refractivity contribution in [1.29, 1.82) is 0 Å². The fraction of sp³-hybridized carbons (Fsp3) is 0.333. The van der Waals surface area contributed by atoms with Crippen molar-refractivity contribution in [3.8, 4) is 26.9 Å². The van der Waals surface area contributed by atoms with E-state index in [2.05, 4.69) is 15.1 Å². The maximum atomic E-state index is 8.52. The molecule has 4 rings (SSSR count). The van der Waals surface area contributed by atoms with Crippen LogP contribution in [0, 0.1) is 0 Å². The van der Waals surface area contributed by atoms with Gasteiger partial charge in [-0.25, -0.2) is 4.89 Å². The van der Waals surface area contributed by atoms with Crippen LogP contribution >= 0.6 is 11.3 Å². The van der Waals surface area contributed by atoms with Gasteiger partial charge in [0.15, 0.2) is 0 Å². The van der Waals surface area contributed by atoms with Gasteiger partial charge in [0.25, 0.3) is 0 Å². The number of hydrogen-bond donors (Lipinski definition) is 1. The van der Waals surface area contributed by atoms with Crippen LogP contribution in [0.2, 0.25) is 0 Å². The molecule has 27 heavy (non-hydrogen) atoms. The minimum Gasteiger partial charge on any atom is -0.490 e. The maximum absolute atomic E-state index is 8.52. The van der Waals surface area contributed by atoms with Gasteiger partial charge in [-0.2, -0.15) is 0 Å². The first-order chi connectivity index (χ1) is 13.3. The number of ether oxygens (including phenoxy) is 1. The molecule has 0 atom stereocenters. The van der Waals surface area contributed by atoms with Crippen molar-refractivity contribution in [2.45, 2.75) is 44.8 Å². The van der Waals surface area contributed by atoms with Crippen LogP contribution < -0.4 is 4.74 Å². The highest BCUT2D eigenvalue weighted by atomic mass is 32.1. The van der Waals surface area contributed by atoms with E-state index in [1.807, 2.05) is 48.5 Å². The van der Waals surface area contributed by atoms with Gasteiger partial charge in [0.05, 0.1) is 6.10 Å². The summed E-state index contributed by atoms with van der Waals surface area (Å²) >= 11 is 1.56. The van der Waals surface area contributed by atoms with Crippen molar-refractivity contribution in [2.75, 3.05) is 0 Å². The molecular weight excluding hydrogens is 360 g/mol. The number of aromatic nitrogens is 2. The standard InChI is InChI=1S/C21H22N2O3S/c24-25-14-15-6-8-16(9-7-15)20-22-23-21(27-20)17-10-12-19(13-11-17)26-18-4-2-1-3-5-18/h6-13,18,24H,1-5,14H2. The number of benzene rings is 2. The second-order valence-electron chi connectivity index (χ2n) is 6.78. The van der Waals surface area contributed by atoms with Crippen LogP contribution in [0.15, 0.2) is 48.5 Å². The van der Waals surface area contributed by atoms with E-state index in [-0.39, 0.29) is 6.61 Å². The largest absolute Gasteiger partial charge is 0.490 e. The lowest BCUT2D eigenvalue weighted by Gasteiger charge is -2.22. The van der Waals surface area contributed by atoms with Gasteiger partial charge in [0.1, 0.15) is 22.4 Å². The fourth-order valence-corrected chi connectivity index (χ4v) is 4.18. The molecule has 1 saturated carbocycles. The molecule has 2 aromatic carbocycles. The molecule has 0 saturated heterocycles. The van der Waals surface area contributed by atoms with Crippen LogP contribution in [0.25, 0.3) is 21.1 Å². The van der Waals surface area contributed by atoms with E-state index in [9.17, 15) is 0 Å². The summed E-state index contributed by atoms with van der Waals surface area (Å²) in [6.07, 6.45) is 6.54. The molecule has 0 unspecified atom stereocenters. The van der Waals surface area contributed by atoms with Crippen molar-refractivity contribution in [2.24, 2.45) is 0 Å². The van der Waals surface area contributed by atoms with E-state index in [0.717, 1.165) is 45.3 Å². The molecule has 1 aliphatic carbocycles. The molecule has 0 aliphatic heterocycles. The van der Waals surface area contributed by atoms with Crippen LogP contribution in [-0.4, -0.2) is 21.6 Å². The lowest BCUT2D eigenvalue weighted by molar-refractivity contribution is -0.253. The third-order valence-corrected chi connectivity index (χ3v) is 5.83. The van der Waals surface area contributed by atoms with Crippen LogP contribution in [0.1, 0.15) is 37.7 Å². The molecule has 0 bridgehead atoms. The number of rotatable bonds is 6. The summed E-state index contributed by atoms with van der Waals surface area (Å²) in [6, 6.07) is 15.9. The average Bonchev–Trinajstić information content (AvgIpc) is 3.20. The van der Waals surface area contributed by atoms with E-state index in [0.29, 0.717) is 6.10 Å². The Morgan fingerprint density at radius 1 is 0.852 bits per heavy atom. The summed E-state index contributed by atoms with van der Waals surface area (Å²) in [5, 5.41) is 18.9. The van der Waals surface area contributed by atoms with Crippen molar-refractivity contribution in [3.63, 3.8) is 0 Å². The Morgan fingerprint density at radius 2 is 1.44 bits per heavy atom. The van der Waals surface area contributed by atoms with E-state index >= 15 is 0 Å². The van der Waals surface area contributed by atoms with E-state index in [1.165, 1.54) is 19.3 Å². The van der Waals surface area contributed by atoms with Gasteiger partial charge < -0.3 is 4.74 Å². The van der Waals surface area contributed by atoms with Gasteiger partial charge >= 0.3 is 0 Å². The van der Waals surface area contributed by atoms with Crippen molar-refractivity contribution < 1.29 is 14.9 Å². The highest BCUT2D eigenvalue weighted by molar-refractivity contribution is 7.17. The second kappa shape index (κ2) is 8.61. The summed E-state index contributed by atoms with van der Waals surface area (Å²) < 4.78 is 6.09. The van der Waals surface area contributed by atoms with Crippen molar-refractivity contribution >= 4 is 11.3 Å². The Hall–Kier alpha value is -2.28. The number of nitrogens with zero attached hydrogens (tertiary/aromatic N) is 2. The minimum atomic E-state index is 0.178. The molecule has 1 heterocycles. The molecule has 1 aliphatic rings. The zero-order valence-corrected chi connectivity index (χ0v) is 15.8.